The number of amides is 1. The molecule has 2 heterocycles. The van der Waals surface area contributed by atoms with Crippen molar-refractivity contribution in [1.82, 2.24) is 19.9 Å². The molecule has 2 aromatic heterocycles. The van der Waals surface area contributed by atoms with Gasteiger partial charge in [-0.15, -0.1) is 0 Å². The summed E-state index contributed by atoms with van der Waals surface area (Å²) in [5, 5.41) is 4.24. The second-order valence-electron chi connectivity index (χ2n) is 7.59. The first-order chi connectivity index (χ1) is 14.2. The summed E-state index contributed by atoms with van der Waals surface area (Å²) in [5.74, 6) is 0.846. The zero-order chi connectivity index (χ0) is 20.2. The molecule has 4 rings (SSSR count). The first kappa shape index (κ1) is 19.7. The van der Waals surface area contributed by atoms with E-state index < -0.39 is 0 Å². The largest absolute Gasteiger partial charge is 0.382 e. The second kappa shape index (κ2) is 8.80. The van der Waals surface area contributed by atoms with Crippen LogP contribution < -0.4 is 5.32 Å². The van der Waals surface area contributed by atoms with Crippen LogP contribution in [0.4, 0.5) is 0 Å². The Hall–Kier alpha value is -2.64. The Balaban J connectivity index is 1.46. The lowest BCUT2D eigenvalue weighted by Gasteiger charge is -2.29. The molecule has 7 heteroatoms. The molecule has 2 N–H and O–H groups in total. The van der Waals surface area contributed by atoms with Crippen LogP contribution in [-0.2, 0) is 9.47 Å². The van der Waals surface area contributed by atoms with Crippen LogP contribution in [0, 0.1) is 6.92 Å². The summed E-state index contributed by atoms with van der Waals surface area (Å²) in [6.45, 7) is 3.20. The summed E-state index contributed by atoms with van der Waals surface area (Å²) in [6, 6.07) is 6.17. The van der Waals surface area contributed by atoms with Crippen LogP contribution in [0.5, 0.6) is 0 Å². The maximum atomic E-state index is 13.1. The first-order valence-corrected chi connectivity index (χ1v) is 10.2. The van der Waals surface area contributed by atoms with Crippen molar-refractivity contribution in [3.63, 3.8) is 0 Å². The van der Waals surface area contributed by atoms with Gasteiger partial charge in [-0.2, -0.15) is 0 Å². The Morgan fingerprint density at radius 3 is 2.83 bits per heavy atom. The number of aromatic amines is 1. The number of aromatic nitrogens is 3. The number of carbonyl (C=O) groups is 1. The minimum atomic E-state index is -0.0409. The van der Waals surface area contributed by atoms with Crippen LogP contribution in [0.3, 0.4) is 0 Å². The summed E-state index contributed by atoms with van der Waals surface area (Å²) in [4.78, 5) is 20.6. The molecule has 154 valence electrons. The highest BCUT2D eigenvalue weighted by atomic mass is 16.5. The number of nitrogens with zero attached hydrogens (tertiary/aromatic N) is 2. The fourth-order valence-corrected chi connectivity index (χ4v) is 4.06. The van der Waals surface area contributed by atoms with E-state index in [1.165, 1.54) is 0 Å². The van der Waals surface area contributed by atoms with E-state index in [1.807, 2.05) is 36.0 Å². The molecule has 0 saturated heterocycles. The second-order valence-corrected chi connectivity index (χ2v) is 7.59. The minimum Gasteiger partial charge on any atom is -0.382 e. The van der Waals surface area contributed by atoms with Gasteiger partial charge in [0.15, 0.2) is 0 Å². The van der Waals surface area contributed by atoms with Crippen molar-refractivity contribution in [3.8, 4) is 5.69 Å². The van der Waals surface area contributed by atoms with Crippen LogP contribution in [0.25, 0.3) is 16.6 Å². The molecular formula is C22H28N4O3. The number of imidazole rings is 1. The highest BCUT2D eigenvalue weighted by Crippen LogP contribution is 2.25. The van der Waals surface area contributed by atoms with Gasteiger partial charge in [-0.25, -0.2) is 4.98 Å². The standard InChI is InChI=1S/C22H28N4O3/c1-15-23-9-10-26(15)18-13-16-7-8-24-21(16)20(14-18)22(27)25-17-3-5-19(6-4-17)29-12-11-28-2/h7-10,13-14,17,19,24H,3-6,11-12H2,1-2H3,(H,25,27). The number of hydrogen-bond acceptors (Lipinski definition) is 4. The summed E-state index contributed by atoms with van der Waals surface area (Å²) in [6.07, 6.45) is 9.59. The van der Waals surface area contributed by atoms with Crippen molar-refractivity contribution in [1.29, 1.82) is 0 Å². The number of aryl methyl sites for hydroxylation is 1. The van der Waals surface area contributed by atoms with Gasteiger partial charge in [0.05, 0.1) is 30.4 Å². The number of ether oxygens (including phenoxy) is 2. The molecule has 7 nitrogen and oxygen atoms in total. The Bertz CT molecular complexity index is 970. The third-order valence-corrected chi connectivity index (χ3v) is 5.64. The molecule has 1 amide bonds. The molecule has 0 spiro atoms. The van der Waals surface area contributed by atoms with Gasteiger partial charge >= 0.3 is 0 Å². The number of H-pyrrole nitrogens is 1. The Morgan fingerprint density at radius 1 is 1.28 bits per heavy atom. The lowest BCUT2D eigenvalue weighted by molar-refractivity contribution is -0.00408. The van der Waals surface area contributed by atoms with Crippen molar-refractivity contribution >= 4 is 16.8 Å². The van der Waals surface area contributed by atoms with E-state index in [1.54, 1.807) is 13.3 Å². The average molecular weight is 396 g/mol. The lowest BCUT2D eigenvalue weighted by Crippen LogP contribution is -2.39. The molecule has 0 unspecified atom stereocenters. The lowest BCUT2D eigenvalue weighted by atomic mass is 9.92. The smallest absolute Gasteiger partial charge is 0.253 e. The molecule has 0 radical (unpaired) electrons. The van der Waals surface area contributed by atoms with Crippen molar-refractivity contribution in [2.24, 2.45) is 0 Å². The molecule has 1 aliphatic rings. The van der Waals surface area contributed by atoms with E-state index in [-0.39, 0.29) is 18.1 Å². The van der Waals surface area contributed by atoms with Crippen LogP contribution in [0.15, 0.2) is 36.8 Å². The van der Waals surface area contributed by atoms with Gasteiger partial charge in [0, 0.05) is 42.8 Å². The van der Waals surface area contributed by atoms with Crippen molar-refractivity contribution in [3.05, 3.63) is 48.2 Å². The Morgan fingerprint density at radius 2 is 2.10 bits per heavy atom. The van der Waals surface area contributed by atoms with Gasteiger partial charge in [-0.05, 0) is 50.8 Å². The van der Waals surface area contributed by atoms with Crippen molar-refractivity contribution in [2.45, 2.75) is 44.8 Å². The summed E-state index contributed by atoms with van der Waals surface area (Å²) < 4.78 is 12.9. The molecule has 1 saturated carbocycles. The van der Waals surface area contributed by atoms with Gasteiger partial charge in [-0.1, -0.05) is 0 Å². The van der Waals surface area contributed by atoms with Gasteiger partial charge in [0.25, 0.3) is 5.91 Å². The minimum absolute atomic E-state index is 0.0409. The topological polar surface area (TPSA) is 81.2 Å². The average Bonchev–Trinajstić information content (AvgIpc) is 3.37. The summed E-state index contributed by atoms with van der Waals surface area (Å²) >= 11 is 0. The third kappa shape index (κ3) is 4.36. The molecule has 0 aliphatic heterocycles. The SMILES string of the molecule is COCCOC1CCC(NC(=O)c2cc(-n3ccnc3C)cc3cc[nH]c23)CC1. The van der Waals surface area contributed by atoms with Gasteiger partial charge in [0.2, 0.25) is 0 Å². The van der Waals surface area contributed by atoms with E-state index in [2.05, 4.69) is 21.4 Å². The number of benzene rings is 1. The molecule has 29 heavy (non-hydrogen) atoms. The Labute approximate surface area is 170 Å². The van der Waals surface area contributed by atoms with Crippen LogP contribution in [0.1, 0.15) is 41.9 Å². The quantitative estimate of drug-likeness (QED) is 0.600. The highest BCUT2D eigenvalue weighted by Gasteiger charge is 2.24. The van der Waals surface area contributed by atoms with Crippen LogP contribution in [-0.4, -0.2) is 52.9 Å². The number of methoxy groups -OCH3 is 1. The third-order valence-electron chi connectivity index (χ3n) is 5.64. The van der Waals surface area contributed by atoms with Crippen molar-refractivity contribution in [2.75, 3.05) is 20.3 Å². The van der Waals surface area contributed by atoms with Crippen LogP contribution in [0.2, 0.25) is 0 Å². The molecule has 0 bridgehead atoms. The fraction of sp³-hybridized carbons (Fsp3) is 0.455. The summed E-state index contributed by atoms with van der Waals surface area (Å²) in [5.41, 5.74) is 2.46. The maximum Gasteiger partial charge on any atom is 0.253 e. The fourth-order valence-electron chi connectivity index (χ4n) is 4.06. The number of carbonyl (C=O) groups excluding carboxylic acids is 1. The summed E-state index contributed by atoms with van der Waals surface area (Å²) in [7, 11) is 1.68. The van der Waals surface area contributed by atoms with E-state index in [4.69, 9.17) is 9.47 Å². The first-order valence-electron chi connectivity index (χ1n) is 10.2. The van der Waals surface area contributed by atoms with Crippen LogP contribution >= 0.6 is 0 Å². The number of rotatable bonds is 7. The highest BCUT2D eigenvalue weighted by molar-refractivity contribution is 6.06. The zero-order valence-corrected chi connectivity index (χ0v) is 17.0. The number of nitrogens with one attached hydrogen (secondary N) is 2. The Kier molecular flexibility index (Phi) is 5.97. The molecule has 1 fully saturated rings. The molecule has 1 aromatic carbocycles. The van der Waals surface area contributed by atoms with Crippen molar-refractivity contribution < 1.29 is 14.3 Å². The van der Waals surface area contributed by atoms with Gasteiger partial charge < -0.3 is 24.3 Å². The predicted octanol–water partition coefficient (Wildman–Crippen LogP) is 3.37. The van der Waals surface area contributed by atoms with Gasteiger partial charge in [0.1, 0.15) is 5.82 Å². The number of fused-ring (bicyclic) bond motifs is 1. The van der Waals surface area contributed by atoms with E-state index in [0.29, 0.717) is 18.8 Å². The molecular weight excluding hydrogens is 368 g/mol. The predicted molar refractivity (Wildman–Crippen MR) is 111 cm³/mol. The number of hydrogen-bond donors (Lipinski definition) is 2. The maximum absolute atomic E-state index is 13.1. The molecule has 1 aliphatic carbocycles. The molecule has 3 aromatic rings. The normalized spacial score (nSPS) is 19.5. The van der Waals surface area contributed by atoms with E-state index >= 15 is 0 Å². The van der Waals surface area contributed by atoms with E-state index in [9.17, 15) is 4.79 Å². The monoisotopic (exact) mass is 396 g/mol. The molecule has 0 atom stereocenters. The van der Waals surface area contributed by atoms with E-state index in [0.717, 1.165) is 48.1 Å². The van der Waals surface area contributed by atoms with Gasteiger partial charge in [-0.3, -0.25) is 4.79 Å². The zero-order valence-electron chi connectivity index (χ0n) is 17.0.